The van der Waals surface area contributed by atoms with Crippen LogP contribution in [0.15, 0.2) is 18.2 Å². The van der Waals surface area contributed by atoms with Crippen LogP contribution in [0.2, 0.25) is 5.02 Å². The summed E-state index contributed by atoms with van der Waals surface area (Å²) >= 11 is 5.83. The third-order valence-corrected chi connectivity index (χ3v) is 2.78. The molecule has 19 heavy (non-hydrogen) atoms. The van der Waals surface area contributed by atoms with Crippen molar-refractivity contribution < 1.29 is 9.53 Å². The van der Waals surface area contributed by atoms with Gasteiger partial charge in [-0.2, -0.15) is 0 Å². The Morgan fingerprint density at radius 2 is 2.21 bits per heavy atom. The molecule has 0 aliphatic rings. The third-order valence-electron chi connectivity index (χ3n) is 2.55. The normalized spacial score (nSPS) is 11.4. The van der Waals surface area contributed by atoms with Gasteiger partial charge in [0.15, 0.2) is 6.61 Å². The van der Waals surface area contributed by atoms with Crippen molar-refractivity contribution in [3.63, 3.8) is 0 Å². The summed E-state index contributed by atoms with van der Waals surface area (Å²) in [5.74, 6) is 0.789. The topological polar surface area (TPSA) is 64.3 Å². The lowest BCUT2D eigenvalue weighted by Gasteiger charge is -2.12. The average molecular weight is 307 g/mol. The van der Waals surface area contributed by atoms with Crippen molar-refractivity contribution in [3.8, 4) is 5.75 Å². The smallest absolute Gasteiger partial charge is 0.257 e. The SMILES string of the molecule is Cc1cc(Cl)ccc1OCC(=O)NCC(C)CN.Cl. The van der Waals surface area contributed by atoms with Gasteiger partial charge in [-0.15, -0.1) is 12.4 Å². The number of nitrogens with one attached hydrogen (secondary N) is 1. The second-order valence-corrected chi connectivity index (χ2v) is 4.78. The Bertz CT molecular complexity index is 414. The van der Waals surface area contributed by atoms with Crippen LogP contribution in [0, 0.1) is 12.8 Å². The molecule has 1 atom stereocenters. The number of hydrogen-bond donors (Lipinski definition) is 2. The lowest BCUT2D eigenvalue weighted by Crippen LogP contribution is -2.34. The lowest BCUT2D eigenvalue weighted by molar-refractivity contribution is -0.123. The summed E-state index contributed by atoms with van der Waals surface area (Å²) < 4.78 is 5.42. The number of hydrogen-bond acceptors (Lipinski definition) is 3. The Morgan fingerprint density at radius 1 is 1.53 bits per heavy atom. The van der Waals surface area contributed by atoms with E-state index in [0.29, 0.717) is 23.9 Å². The molecule has 0 spiro atoms. The fourth-order valence-electron chi connectivity index (χ4n) is 1.34. The van der Waals surface area contributed by atoms with E-state index in [-0.39, 0.29) is 30.8 Å². The summed E-state index contributed by atoms with van der Waals surface area (Å²) in [6.07, 6.45) is 0. The first-order valence-corrected chi connectivity index (χ1v) is 6.26. The van der Waals surface area contributed by atoms with Crippen LogP contribution in [-0.4, -0.2) is 25.6 Å². The summed E-state index contributed by atoms with van der Waals surface area (Å²) in [7, 11) is 0. The van der Waals surface area contributed by atoms with Crippen LogP contribution in [0.1, 0.15) is 12.5 Å². The highest BCUT2D eigenvalue weighted by Crippen LogP contribution is 2.21. The van der Waals surface area contributed by atoms with E-state index in [1.165, 1.54) is 0 Å². The van der Waals surface area contributed by atoms with Crippen molar-refractivity contribution in [1.82, 2.24) is 5.32 Å². The third kappa shape index (κ3) is 6.66. The minimum absolute atomic E-state index is 0. The molecule has 1 aromatic rings. The van der Waals surface area contributed by atoms with Crippen molar-refractivity contribution in [2.45, 2.75) is 13.8 Å². The van der Waals surface area contributed by atoms with Gasteiger partial charge in [0.25, 0.3) is 5.91 Å². The number of rotatable bonds is 6. The molecule has 0 aliphatic heterocycles. The maximum atomic E-state index is 11.5. The molecule has 0 heterocycles. The predicted octanol–water partition coefficient (Wildman–Crippen LogP) is 2.16. The van der Waals surface area contributed by atoms with Crippen LogP contribution < -0.4 is 15.8 Å². The molecule has 6 heteroatoms. The standard InChI is InChI=1S/C13H19ClN2O2.ClH/c1-9(6-15)7-16-13(17)8-18-12-4-3-11(14)5-10(12)2;/h3-5,9H,6-8,15H2,1-2H3,(H,16,17);1H. The fraction of sp³-hybridized carbons (Fsp3) is 0.462. The van der Waals surface area contributed by atoms with Gasteiger partial charge in [0.2, 0.25) is 0 Å². The minimum Gasteiger partial charge on any atom is -0.484 e. The summed E-state index contributed by atoms with van der Waals surface area (Å²) in [5, 5.41) is 3.42. The summed E-state index contributed by atoms with van der Waals surface area (Å²) in [6.45, 7) is 4.98. The van der Waals surface area contributed by atoms with E-state index in [1.54, 1.807) is 18.2 Å². The van der Waals surface area contributed by atoms with Crippen LogP contribution in [0.5, 0.6) is 5.75 Å². The second-order valence-electron chi connectivity index (χ2n) is 4.34. The zero-order valence-corrected chi connectivity index (χ0v) is 12.7. The Hall–Kier alpha value is -0.970. The van der Waals surface area contributed by atoms with E-state index in [0.717, 1.165) is 5.56 Å². The summed E-state index contributed by atoms with van der Waals surface area (Å²) in [6, 6.07) is 5.29. The largest absolute Gasteiger partial charge is 0.484 e. The maximum Gasteiger partial charge on any atom is 0.257 e. The highest BCUT2D eigenvalue weighted by Gasteiger charge is 2.06. The number of carbonyl (C=O) groups excluding carboxylic acids is 1. The van der Waals surface area contributed by atoms with Crippen LogP contribution >= 0.6 is 24.0 Å². The van der Waals surface area contributed by atoms with E-state index in [1.807, 2.05) is 13.8 Å². The first-order chi connectivity index (χ1) is 8.52. The van der Waals surface area contributed by atoms with Crippen molar-refractivity contribution >= 4 is 29.9 Å². The number of aryl methyl sites for hydroxylation is 1. The monoisotopic (exact) mass is 306 g/mol. The fourth-order valence-corrected chi connectivity index (χ4v) is 1.57. The molecule has 108 valence electrons. The number of carbonyl (C=O) groups is 1. The molecule has 1 rings (SSSR count). The highest BCUT2D eigenvalue weighted by molar-refractivity contribution is 6.30. The summed E-state index contributed by atoms with van der Waals surface area (Å²) in [4.78, 5) is 11.5. The van der Waals surface area contributed by atoms with E-state index in [4.69, 9.17) is 22.1 Å². The predicted molar refractivity (Wildman–Crippen MR) is 80.2 cm³/mol. The first kappa shape index (κ1) is 18.0. The lowest BCUT2D eigenvalue weighted by atomic mass is 10.2. The summed E-state index contributed by atoms with van der Waals surface area (Å²) in [5.41, 5.74) is 6.37. The van der Waals surface area contributed by atoms with E-state index < -0.39 is 0 Å². The number of nitrogens with two attached hydrogens (primary N) is 1. The van der Waals surface area contributed by atoms with E-state index >= 15 is 0 Å². The Balaban J connectivity index is 0.00000324. The van der Waals surface area contributed by atoms with Crippen LogP contribution in [-0.2, 0) is 4.79 Å². The molecule has 0 aromatic heterocycles. The molecule has 0 fully saturated rings. The van der Waals surface area contributed by atoms with E-state index in [9.17, 15) is 4.79 Å². The maximum absolute atomic E-state index is 11.5. The molecule has 1 amide bonds. The van der Waals surface area contributed by atoms with Crippen LogP contribution in [0.4, 0.5) is 0 Å². The van der Waals surface area contributed by atoms with Gasteiger partial charge in [-0.1, -0.05) is 18.5 Å². The molecule has 1 unspecified atom stereocenters. The Labute approximate surface area is 125 Å². The molecule has 0 saturated heterocycles. The van der Waals surface area contributed by atoms with Gasteiger partial charge >= 0.3 is 0 Å². The molecular formula is C13H20Cl2N2O2. The van der Waals surface area contributed by atoms with Gasteiger partial charge in [0.1, 0.15) is 5.75 Å². The number of benzene rings is 1. The number of halogens is 2. The molecular weight excluding hydrogens is 287 g/mol. The highest BCUT2D eigenvalue weighted by atomic mass is 35.5. The van der Waals surface area contributed by atoms with Crippen molar-refractivity contribution in [1.29, 1.82) is 0 Å². The average Bonchev–Trinajstić information content (AvgIpc) is 2.34. The number of amides is 1. The molecule has 0 aliphatic carbocycles. The van der Waals surface area contributed by atoms with Gasteiger partial charge in [0, 0.05) is 11.6 Å². The van der Waals surface area contributed by atoms with Gasteiger partial charge in [0.05, 0.1) is 0 Å². The van der Waals surface area contributed by atoms with Crippen molar-refractivity contribution in [2.24, 2.45) is 11.7 Å². The second kappa shape index (κ2) is 9.02. The zero-order chi connectivity index (χ0) is 13.5. The molecule has 0 saturated carbocycles. The van der Waals surface area contributed by atoms with Crippen molar-refractivity contribution in [3.05, 3.63) is 28.8 Å². The van der Waals surface area contributed by atoms with Gasteiger partial charge in [-0.25, -0.2) is 0 Å². The van der Waals surface area contributed by atoms with Crippen LogP contribution in [0.3, 0.4) is 0 Å². The number of ether oxygens (including phenoxy) is 1. The Morgan fingerprint density at radius 3 is 2.79 bits per heavy atom. The van der Waals surface area contributed by atoms with Crippen LogP contribution in [0.25, 0.3) is 0 Å². The van der Waals surface area contributed by atoms with Gasteiger partial charge in [-0.05, 0) is 43.1 Å². The molecule has 0 radical (unpaired) electrons. The first-order valence-electron chi connectivity index (χ1n) is 5.88. The molecule has 0 bridgehead atoms. The van der Waals surface area contributed by atoms with Crippen molar-refractivity contribution in [2.75, 3.05) is 19.7 Å². The molecule has 1 aromatic carbocycles. The Kier molecular flexibility index (Phi) is 8.56. The minimum atomic E-state index is -0.148. The van der Waals surface area contributed by atoms with Gasteiger partial charge < -0.3 is 15.8 Å². The zero-order valence-electron chi connectivity index (χ0n) is 11.1. The molecule has 3 N–H and O–H groups in total. The quantitative estimate of drug-likeness (QED) is 0.846. The van der Waals surface area contributed by atoms with E-state index in [2.05, 4.69) is 5.32 Å². The van der Waals surface area contributed by atoms with Gasteiger partial charge in [-0.3, -0.25) is 4.79 Å². The molecule has 4 nitrogen and oxygen atoms in total.